The molecule has 2 atom stereocenters. The van der Waals surface area contributed by atoms with E-state index in [9.17, 15) is 19.2 Å². The van der Waals surface area contributed by atoms with Gasteiger partial charge in [-0.05, 0) is 40.0 Å². The molecule has 0 aromatic heterocycles. The molecule has 148 valence electrons. The van der Waals surface area contributed by atoms with Crippen molar-refractivity contribution in [3.05, 3.63) is 0 Å². The van der Waals surface area contributed by atoms with Crippen molar-refractivity contribution in [1.29, 1.82) is 0 Å². The van der Waals surface area contributed by atoms with Crippen LogP contribution in [0.25, 0.3) is 0 Å². The number of nitrogens with zero attached hydrogens (tertiary/aromatic N) is 1. The molecule has 1 heterocycles. The van der Waals surface area contributed by atoms with E-state index >= 15 is 0 Å². The number of piperidine rings is 1. The van der Waals surface area contributed by atoms with Gasteiger partial charge in [-0.25, -0.2) is 9.59 Å². The zero-order chi connectivity index (χ0) is 20.3. The number of ether oxygens (including phenoxy) is 2. The number of amides is 2. The molecule has 8 nitrogen and oxygen atoms in total. The summed E-state index contributed by atoms with van der Waals surface area (Å²) in [7, 11) is 1.24. The maximum Gasteiger partial charge on any atom is 0.408 e. The SMILES string of the molecule is COC(=O)[C@@]1(C)CCC(=O)CN1C(=O)[C@@H](NC(=O)OC(C)(C)C)C(C)C. The zero-order valence-corrected chi connectivity index (χ0v) is 16.7. The molecule has 8 heteroatoms. The van der Waals surface area contributed by atoms with E-state index in [1.807, 2.05) is 0 Å². The topological polar surface area (TPSA) is 102 Å². The number of hydrogen-bond donors (Lipinski definition) is 1. The number of alkyl carbamates (subject to hydrolysis) is 1. The van der Waals surface area contributed by atoms with Crippen molar-refractivity contribution in [1.82, 2.24) is 10.2 Å². The van der Waals surface area contributed by atoms with E-state index in [4.69, 9.17) is 9.47 Å². The van der Waals surface area contributed by atoms with Crippen LogP contribution < -0.4 is 5.32 Å². The zero-order valence-electron chi connectivity index (χ0n) is 16.7. The lowest BCUT2D eigenvalue weighted by atomic mass is 9.86. The summed E-state index contributed by atoms with van der Waals surface area (Å²) in [6.07, 6.45) is -0.351. The van der Waals surface area contributed by atoms with Gasteiger partial charge in [0.2, 0.25) is 5.91 Å². The quantitative estimate of drug-likeness (QED) is 0.755. The summed E-state index contributed by atoms with van der Waals surface area (Å²) in [5.41, 5.74) is -1.96. The van der Waals surface area contributed by atoms with Crippen molar-refractivity contribution >= 4 is 23.8 Å². The van der Waals surface area contributed by atoms with Gasteiger partial charge in [-0.15, -0.1) is 0 Å². The average Bonchev–Trinajstić information content (AvgIpc) is 2.51. The first-order chi connectivity index (χ1) is 11.8. The van der Waals surface area contributed by atoms with Crippen LogP contribution in [0.1, 0.15) is 54.4 Å². The first-order valence-electron chi connectivity index (χ1n) is 8.73. The van der Waals surface area contributed by atoms with Gasteiger partial charge in [0.25, 0.3) is 0 Å². The van der Waals surface area contributed by atoms with Gasteiger partial charge >= 0.3 is 12.1 Å². The van der Waals surface area contributed by atoms with Crippen LogP contribution in [-0.4, -0.2) is 59.5 Å². The fourth-order valence-corrected chi connectivity index (χ4v) is 2.82. The molecular weight excluding hydrogens is 340 g/mol. The molecule has 0 radical (unpaired) electrons. The second kappa shape index (κ2) is 8.05. The maximum atomic E-state index is 13.1. The third-order valence-electron chi connectivity index (χ3n) is 4.32. The molecule has 0 spiro atoms. The average molecular weight is 370 g/mol. The fraction of sp³-hybridized carbons (Fsp3) is 0.778. The van der Waals surface area contributed by atoms with Gasteiger partial charge in [-0.1, -0.05) is 13.8 Å². The molecule has 0 bridgehead atoms. The first-order valence-corrected chi connectivity index (χ1v) is 8.73. The Labute approximate surface area is 154 Å². The van der Waals surface area contributed by atoms with Gasteiger partial charge < -0.3 is 19.7 Å². The Balaban J connectivity index is 3.09. The number of methoxy groups -OCH3 is 1. The highest BCUT2D eigenvalue weighted by molar-refractivity contribution is 5.97. The fourth-order valence-electron chi connectivity index (χ4n) is 2.82. The molecule has 1 saturated heterocycles. The highest BCUT2D eigenvalue weighted by atomic mass is 16.6. The molecule has 0 aliphatic carbocycles. The number of likely N-dealkylation sites (tertiary alicyclic amines) is 1. The minimum absolute atomic E-state index is 0.139. The molecule has 0 unspecified atom stereocenters. The molecule has 0 aromatic carbocycles. The summed E-state index contributed by atoms with van der Waals surface area (Å²) in [4.78, 5) is 50.6. The molecule has 1 N–H and O–H groups in total. The number of Topliss-reactive ketones (excluding diaryl/α,β-unsaturated/α-hetero) is 1. The molecule has 1 aliphatic heterocycles. The van der Waals surface area contributed by atoms with Crippen LogP contribution in [0.3, 0.4) is 0 Å². The van der Waals surface area contributed by atoms with Crippen LogP contribution in [0.5, 0.6) is 0 Å². The summed E-state index contributed by atoms with van der Waals surface area (Å²) >= 11 is 0. The van der Waals surface area contributed by atoms with Gasteiger partial charge in [0.1, 0.15) is 17.2 Å². The largest absolute Gasteiger partial charge is 0.467 e. The van der Waals surface area contributed by atoms with Crippen LogP contribution in [0.4, 0.5) is 4.79 Å². The summed E-state index contributed by atoms with van der Waals surface area (Å²) in [5.74, 6) is -1.50. The number of esters is 1. The van der Waals surface area contributed by atoms with Crippen molar-refractivity contribution in [2.45, 2.75) is 71.6 Å². The molecule has 1 fully saturated rings. The van der Waals surface area contributed by atoms with Crippen LogP contribution in [0.2, 0.25) is 0 Å². The number of carbonyl (C=O) groups is 4. The number of ketones is 1. The van der Waals surface area contributed by atoms with E-state index in [1.165, 1.54) is 12.0 Å². The highest BCUT2D eigenvalue weighted by Gasteiger charge is 2.49. The van der Waals surface area contributed by atoms with E-state index in [1.54, 1.807) is 41.5 Å². The van der Waals surface area contributed by atoms with Crippen molar-refractivity contribution in [2.75, 3.05) is 13.7 Å². The molecule has 26 heavy (non-hydrogen) atoms. The van der Waals surface area contributed by atoms with Crippen LogP contribution >= 0.6 is 0 Å². The number of hydrogen-bond acceptors (Lipinski definition) is 6. The van der Waals surface area contributed by atoms with E-state index < -0.39 is 35.2 Å². The van der Waals surface area contributed by atoms with Crippen LogP contribution in [0, 0.1) is 5.92 Å². The lowest BCUT2D eigenvalue weighted by molar-refractivity contribution is -0.166. The maximum absolute atomic E-state index is 13.1. The second-order valence-corrected chi connectivity index (χ2v) is 8.10. The monoisotopic (exact) mass is 370 g/mol. The number of carbonyl (C=O) groups excluding carboxylic acids is 4. The van der Waals surface area contributed by atoms with Crippen molar-refractivity contribution in [3.8, 4) is 0 Å². The third-order valence-corrected chi connectivity index (χ3v) is 4.32. The number of rotatable bonds is 4. The van der Waals surface area contributed by atoms with Gasteiger partial charge in [-0.3, -0.25) is 9.59 Å². The smallest absolute Gasteiger partial charge is 0.408 e. The van der Waals surface area contributed by atoms with Crippen molar-refractivity contribution in [3.63, 3.8) is 0 Å². The Bertz CT molecular complexity index is 581. The van der Waals surface area contributed by atoms with Gasteiger partial charge in [0, 0.05) is 6.42 Å². The number of nitrogens with one attached hydrogen (secondary N) is 1. The normalized spacial score (nSPS) is 22.0. The minimum atomic E-state index is -1.25. The van der Waals surface area contributed by atoms with Gasteiger partial charge in [0.15, 0.2) is 5.78 Å². The molecule has 2 amide bonds. The van der Waals surface area contributed by atoms with Gasteiger partial charge in [0.05, 0.1) is 13.7 Å². The Hall–Kier alpha value is -2.12. The van der Waals surface area contributed by atoms with Crippen LogP contribution in [-0.2, 0) is 23.9 Å². The standard InChI is InChI=1S/C18H30N2O6/c1-11(2)13(19-16(24)26-17(3,4)5)14(22)20-10-12(21)8-9-18(20,6)15(23)25-7/h11,13H,8-10H2,1-7H3,(H,19,24)/t13-,18+/m0/s1. The van der Waals surface area contributed by atoms with Crippen molar-refractivity contribution < 1.29 is 28.7 Å². The summed E-state index contributed by atoms with van der Waals surface area (Å²) in [6.45, 7) is 10.1. The summed E-state index contributed by atoms with van der Waals surface area (Å²) in [5, 5.41) is 2.56. The Morgan fingerprint density at radius 2 is 1.81 bits per heavy atom. The van der Waals surface area contributed by atoms with E-state index in [0.29, 0.717) is 0 Å². The minimum Gasteiger partial charge on any atom is -0.467 e. The van der Waals surface area contributed by atoms with Crippen molar-refractivity contribution in [2.24, 2.45) is 5.92 Å². The predicted molar refractivity (Wildman–Crippen MR) is 94.4 cm³/mol. The Morgan fingerprint density at radius 1 is 1.23 bits per heavy atom. The summed E-state index contributed by atoms with van der Waals surface area (Å²) < 4.78 is 10.1. The molecule has 1 rings (SSSR count). The Kier molecular flexibility index (Phi) is 6.79. The Morgan fingerprint density at radius 3 is 2.27 bits per heavy atom. The molecule has 0 aromatic rings. The molecular formula is C18H30N2O6. The highest BCUT2D eigenvalue weighted by Crippen LogP contribution is 2.29. The third kappa shape index (κ3) is 5.19. The lowest BCUT2D eigenvalue weighted by Crippen LogP contribution is -2.64. The van der Waals surface area contributed by atoms with E-state index in [-0.39, 0.29) is 31.1 Å². The van der Waals surface area contributed by atoms with Crippen LogP contribution in [0.15, 0.2) is 0 Å². The molecule has 0 saturated carbocycles. The van der Waals surface area contributed by atoms with E-state index in [0.717, 1.165) is 0 Å². The summed E-state index contributed by atoms with van der Waals surface area (Å²) in [6, 6.07) is -0.931. The lowest BCUT2D eigenvalue weighted by Gasteiger charge is -2.43. The first kappa shape index (κ1) is 21.9. The molecule has 1 aliphatic rings. The predicted octanol–water partition coefficient (Wildman–Crippen LogP) is 1.66. The van der Waals surface area contributed by atoms with Gasteiger partial charge in [-0.2, -0.15) is 0 Å². The second-order valence-electron chi connectivity index (χ2n) is 8.10. The van der Waals surface area contributed by atoms with E-state index in [2.05, 4.69) is 5.32 Å².